The van der Waals surface area contributed by atoms with Gasteiger partial charge in [0.25, 0.3) is 0 Å². The number of alkyl halides is 1. The molecule has 0 spiro atoms. The number of benzene rings is 1. The van der Waals surface area contributed by atoms with Gasteiger partial charge in [-0.2, -0.15) is 0 Å². The van der Waals surface area contributed by atoms with E-state index in [9.17, 15) is 13.6 Å². The van der Waals surface area contributed by atoms with E-state index in [1.807, 2.05) is 0 Å². The highest BCUT2D eigenvalue weighted by molar-refractivity contribution is 9.08. The van der Waals surface area contributed by atoms with Gasteiger partial charge in [0, 0.05) is 10.9 Å². The number of hydrogen-bond acceptors (Lipinski definition) is 2. The van der Waals surface area contributed by atoms with Crippen molar-refractivity contribution in [3.8, 4) is 0 Å². The molecule has 1 aromatic carbocycles. The summed E-state index contributed by atoms with van der Waals surface area (Å²) in [6, 6.07) is 1.83. The van der Waals surface area contributed by atoms with Crippen LogP contribution in [0.25, 0.3) is 0 Å². The topological polar surface area (TPSA) is 26.3 Å². The van der Waals surface area contributed by atoms with Gasteiger partial charge >= 0.3 is 5.97 Å². The van der Waals surface area contributed by atoms with E-state index in [0.29, 0.717) is 0 Å². The molecule has 0 fully saturated rings. The van der Waals surface area contributed by atoms with Gasteiger partial charge in [-0.25, -0.2) is 13.6 Å². The van der Waals surface area contributed by atoms with Gasteiger partial charge in [-0.1, -0.05) is 15.9 Å². The van der Waals surface area contributed by atoms with E-state index >= 15 is 0 Å². The second-order valence-electron chi connectivity index (χ2n) is 2.78. The van der Waals surface area contributed by atoms with Crippen LogP contribution in [0.1, 0.15) is 22.8 Å². The molecule has 0 amide bonds. The lowest BCUT2D eigenvalue weighted by Gasteiger charge is -2.05. The zero-order valence-electron chi connectivity index (χ0n) is 8.02. The first-order chi connectivity index (χ1) is 7.10. The Morgan fingerprint density at radius 1 is 1.40 bits per heavy atom. The Bertz CT molecular complexity index is 380. The van der Waals surface area contributed by atoms with E-state index in [2.05, 4.69) is 20.7 Å². The van der Waals surface area contributed by atoms with Gasteiger partial charge in [0.1, 0.15) is 11.6 Å². The van der Waals surface area contributed by atoms with Crippen molar-refractivity contribution in [1.82, 2.24) is 0 Å². The molecule has 1 aromatic rings. The Hall–Kier alpha value is -0.970. The molecule has 82 valence electrons. The van der Waals surface area contributed by atoms with Crippen molar-refractivity contribution in [1.29, 1.82) is 0 Å². The average Bonchev–Trinajstić information content (AvgIpc) is 2.21. The van der Waals surface area contributed by atoms with E-state index < -0.39 is 17.6 Å². The van der Waals surface area contributed by atoms with Crippen LogP contribution in [-0.2, 0) is 10.1 Å². The van der Waals surface area contributed by atoms with Crippen LogP contribution in [0.15, 0.2) is 12.1 Å². The summed E-state index contributed by atoms with van der Waals surface area (Å²) in [6.07, 6.45) is 0. The largest absolute Gasteiger partial charge is 0.462 e. The van der Waals surface area contributed by atoms with Crippen LogP contribution in [0.5, 0.6) is 0 Å². The Labute approximate surface area is 94.4 Å². The minimum absolute atomic E-state index is 0.125. The summed E-state index contributed by atoms with van der Waals surface area (Å²) in [5, 5.41) is 0.193. The van der Waals surface area contributed by atoms with Crippen LogP contribution < -0.4 is 0 Å². The van der Waals surface area contributed by atoms with Crippen molar-refractivity contribution in [3.05, 3.63) is 34.9 Å². The third-order valence-corrected chi connectivity index (χ3v) is 2.38. The van der Waals surface area contributed by atoms with E-state index in [1.54, 1.807) is 6.92 Å². The monoisotopic (exact) mass is 278 g/mol. The summed E-state index contributed by atoms with van der Waals surface area (Å²) in [7, 11) is 0. The first-order valence-corrected chi connectivity index (χ1v) is 5.43. The number of carbonyl (C=O) groups is 1. The number of esters is 1. The van der Waals surface area contributed by atoms with Crippen LogP contribution >= 0.6 is 15.9 Å². The SMILES string of the molecule is CCOC(=O)c1cc(F)c(CBr)cc1F. The normalized spacial score (nSPS) is 10.1. The standard InChI is InChI=1S/C10H9BrF2O2/c1-2-15-10(14)7-4-8(12)6(5-11)3-9(7)13/h3-4H,2,5H2,1H3. The van der Waals surface area contributed by atoms with Crippen molar-refractivity contribution in [3.63, 3.8) is 0 Å². The average molecular weight is 279 g/mol. The highest BCUT2D eigenvalue weighted by atomic mass is 79.9. The third-order valence-electron chi connectivity index (χ3n) is 1.78. The number of carbonyl (C=O) groups excluding carboxylic acids is 1. The minimum atomic E-state index is -0.852. The fourth-order valence-electron chi connectivity index (χ4n) is 1.06. The van der Waals surface area contributed by atoms with E-state index in [4.69, 9.17) is 0 Å². The highest BCUT2D eigenvalue weighted by Crippen LogP contribution is 2.18. The summed E-state index contributed by atoms with van der Waals surface area (Å²) in [5.41, 5.74) is -0.209. The molecule has 0 radical (unpaired) electrons. The molecule has 1 rings (SSSR count). The lowest BCUT2D eigenvalue weighted by Crippen LogP contribution is -2.08. The molecule has 0 heterocycles. The zero-order valence-corrected chi connectivity index (χ0v) is 9.61. The number of rotatable bonds is 3. The highest BCUT2D eigenvalue weighted by Gasteiger charge is 2.16. The lowest BCUT2D eigenvalue weighted by molar-refractivity contribution is 0.0520. The van der Waals surface area contributed by atoms with Crippen molar-refractivity contribution in [2.75, 3.05) is 6.61 Å². The molecule has 0 unspecified atom stereocenters. The van der Waals surface area contributed by atoms with Gasteiger partial charge in [0.2, 0.25) is 0 Å². The van der Waals surface area contributed by atoms with Gasteiger partial charge in [0.05, 0.1) is 12.2 Å². The van der Waals surface area contributed by atoms with E-state index in [0.717, 1.165) is 12.1 Å². The van der Waals surface area contributed by atoms with Crippen molar-refractivity contribution in [2.45, 2.75) is 12.3 Å². The Morgan fingerprint density at radius 2 is 2.07 bits per heavy atom. The number of ether oxygens (including phenoxy) is 1. The molecule has 0 aliphatic heterocycles. The lowest BCUT2D eigenvalue weighted by atomic mass is 10.1. The fraction of sp³-hybridized carbons (Fsp3) is 0.300. The molecule has 0 aliphatic carbocycles. The predicted molar refractivity (Wildman–Crippen MR) is 54.9 cm³/mol. The molecule has 0 aliphatic rings. The van der Waals surface area contributed by atoms with Crippen molar-refractivity contribution >= 4 is 21.9 Å². The molecular formula is C10H9BrF2O2. The Balaban J connectivity index is 3.10. The Morgan fingerprint density at radius 3 is 2.60 bits per heavy atom. The molecule has 0 saturated heterocycles. The van der Waals surface area contributed by atoms with Gasteiger partial charge in [-0.05, 0) is 19.1 Å². The van der Waals surface area contributed by atoms with Crippen LogP contribution in [-0.4, -0.2) is 12.6 Å². The van der Waals surface area contributed by atoms with Gasteiger partial charge in [0.15, 0.2) is 0 Å². The molecule has 2 nitrogen and oxygen atoms in total. The molecule has 0 saturated carbocycles. The maximum Gasteiger partial charge on any atom is 0.341 e. The third kappa shape index (κ3) is 2.75. The molecule has 5 heteroatoms. The number of halogens is 3. The van der Waals surface area contributed by atoms with Crippen molar-refractivity contribution < 1.29 is 18.3 Å². The van der Waals surface area contributed by atoms with Gasteiger partial charge < -0.3 is 4.74 Å². The molecule has 0 aromatic heterocycles. The second kappa shape index (κ2) is 5.21. The summed E-state index contributed by atoms with van der Waals surface area (Å²) in [4.78, 5) is 11.2. The van der Waals surface area contributed by atoms with Crippen LogP contribution in [0, 0.1) is 11.6 Å². The Kier molecular flexibility index (Phi) is 4.20. The summed E-state index contributed by atoms with van der Waals surface area (Å²) in [5.74, 6) is -2.25. The quantitative estimate of drug-likeness (QED) is 0.628. The maximum atomic E-state index is 13.3. The fourth-order valence-corrected chi connectivity index (χ4v) is 1.49. The zero-order chi connectivity index (χ0) is 11.4. The molecule has 15 heavy (non-hydrogen) atoms. The molecule has 0 atom stereocenters. The van der Waals surface area contributed by atoms with Crippen LogP contribution in [0.2, 0.25) is 0 Å². The number of hydrogen-bond donors (Lipinski definition) is 0. The minimum Gasteiger partial charge on any atom is -0.462 e. The van der Waals surface area contributed by atoms with Gasteiger partial charge in [-0.3, -0.25) is 0 Å². The van der Waals surface area contributed by atoms with Crippen LogP contribution in [0.4, 0.5) is 8.78 Å². The summed E-state index contributed by atoms with van der Waals surface area (Å²) in [6.45, 7) is 1.72. The molecule has 0 N–H and O–H groups in total. The van der Waals surface area contributed by atoms with E-state index in [1.165, 1.54) is 0 Å². The van der Waals surface area contributed by atoms with Gasteiger partial charge in [-0.15, -0.1) is 0 Å². The molecular weight excluding hydrogens is 270 g/mol. The summed E-state index contributed by atoms with van der Waals surface area (Å²) >= 11 is 3.01. The summed E-state index contributed by atoms with van der Waals surface area (Å²) < 4.78 is 31.1. The molecule has 0 bridgehead atoms. The van der Waals surface area contributed by atoms with Crippen molar-refractivity contribution in [2.24, 2.45) is 0 Å². The van der Waals surface area contributed by atoms with E-state index in [-0.39, 0.29) is 23.1 Å². The second-order valence-corrected chi connectivity index (χ2v) is 3.34. The predicted octanol–water partition coefficient (Wildman–Crippen LogP) is 3.04. The maximum absolute atomic E-state index is 13.3. The smallest absolute Gasteiger partial charge is 0.341 e. The first kappa shape index (κ1) is 12.1. The van der Waals surface area contributed by atoms with Crippen LogP contribution in [0.3, 0.4) is 0 Å². The first-order valence-electron chi connectivity index (χ1n) is 4.31.